The van der Waals surface area contributed by atoms with E-state index in [4.69, 9.17) is 9.68 Å². The highest BCUT2D eigenvalue weighted by Crippen LogP contribution is 2.29. The zero-order chi connectivity index (χ0) is 11.0. The van der Waals surface area contributed by atoms with Gasteiger partial charge in [-0.05, 0) is 6.42 Å². The summed E-state index contributed by atoms with van der Waals surface area (Å²) in [6, 6.07) is 3.70. The van der Waals surface area contributed by atoms with E-state index >= 15 is 0 Å². The van der Waals surface area contributed by atoms with E-state index in [2.05, 4.69) is 0 Å². The third-order valence-corrected chi connectivity index (χ3v) is 2.26. The molecule has 15 heavy (non-hydrogen) atoms. The van der Waals surface area contributed by atoms with Gasteiger partial charge in [-0.2, -0.15) is 5.26 Å². The van der Waals surface area contributed by atoms with E-state index in [0.717, 1.165) is 12.1 Å². The molecule has 0 amide bonds. The van der Waals surface area contributed by atoms with Crippen LogP contribution < -0.4 is 0 Å². The highest BCUT2D eigenvalue weighted by Gasteiger charge is 2.16. The highest BCUT2D eigenvalue weighted by atomic mass is 19.1. The number of hydrogen-bond donors (Lipinski definition) is 0. The molecule has 1 aromatic heterocycles. The van der Waals surface area contributed by atoms with Crippen molar-refractivity contribution in [2.24, 2.45) is 0 Å². The molecule has 0 radical (unpaired) electrons. The fraction of sp³-hybridized carbons (Fsp3) is 0.182. The van der Waals surface area contributed by atoms with Crippen LogP contribution in [-0.4, -0.2) is 0 Å². The number of nitrogens with zero attached hydrogens (tertiary/aromatic N) is 1. The Kier molecular flexibility index (Phi) is 2.16. The molecule has 0 unspecified atom stereocenters. The average molecular weight is 207 g/mol. The molecule has 0 aliphatic carbocycles. The van der Waals surface area contributed by atoms with E-state index in [9.17, 15) is 8.78 Å². The summed E-state index contributed by atoms with van der Waals surface area (Å²) < 4.78 is 31.4. The van der Waals surface area contributed by atoms with E-state index < -0.39 is 11.6 Å². The SMILES string of the molecule is CCc1c(C#N)oc2cc(F)cc(F)c12. The van der Waals surface area contributed by atoms with Gasteiger partial charge in [0.2, 0.25) is 5.76 Å². The molecule has 2 rings (SSSR count). The summed E-state index contributed by atoms with van der Waals surface area (Å²) in [5, 5.41) is 8.95. The summed E-state index contributed by atoms with van der Waals surface area (Å²) in [5.41, 5.74) is 0.575. The monoisotopic (exact) mass is 207 g/mol. The number of fused-ring (bicyclic) bond motifs is 1. The number of hydrogen-bond acceptors (Lipinski definition) is 2. The predicted octanol–water partition coefficient (Wildman–Crippen LogP) is 3.15. The number of furan rings is 1. The van der Waals surface area contributed by atoms with Crippen LogP contribution in [0, 0.1) is 23.0 Å². The van der Waals surface area contributed by atoms with E-state index in [1.807, 2.05) is 6.07 Å². The molecule has 2 aromatic rings. The Bertz CT molecular complexity index is 566. The van der Waals surface area contributed by atoms with Crippen LogP contribution in [0.3, 0.4) is 0 Å². The first-order valence-electron chi connectivity index (χ1n) is 4.48. The minimum absolute atomic E-state index is 0.0528. The number of rotatable bonds is 1. The van der Waals surface area contributed by atoms with Gasteiger partial charge in [0.25, 0.3) is 0 Å². The normalized spacial score (nSPS) is 10.5. The summed E-state index contributed by atoms with van der Waals surface area (Å²) in [4.78, 5) is 0. The quantitative estimate of drug-likeness (QED) is 0.720. The smallest absolute Gasteiger partial charge is 0.208 e. The lowest BCUT2D eigenvalue weighted by molar-refractivity contribution is 0.571. The predicted molar refractivity (Wildman–Crippen MR) is 50.2 cm³/mol. The molecule has 0 aliphatic heterocycles. The Morgan fingerprint density at radius 1 is 1.40 bits per heavy atom. The Balaban J connectivity index is 2.90. The maximum atomic E-state index is 13.4. The van der Waals surface area contributed by atoms with Crippen LogP contribution in [0.25, 0.3) is 11.0 Å². The molecule has 1 aromatic carbocycles. The van der Waals surface area contributed by atoms with Gasteiger partial charge < -0.3 is 4.42 Å². The Morgan fingerprint density at radius 3 is 2.73 bits per heavy atom. The second kappa shape index (κ2) is 3.35. The maximum Gasteiger partial charge on any atom is 0.208 e. The van der Waals surface area contributed by atoms with Crippen molar-refractivity contribution in [1.29, 1.82) is 5.26 Å². The van der Waals surface area contributed by atoms with Crippen LogP contribution in [0.1, 0.15) is 18.2 Å². The van der Waals surface area contributed by atoms with Crippen molar-refractivity contribution in [3.8, 4) is 6.07 Å². The molecule has 0 atom stereocenters. The Labute approximate surface area is 84.7 Å². The van der Waals surface area contributed by atoms with Gasteiger partial charge in [-0.3, -0.25) is 0 Å². The van der Waals surface area contributed by atoms with E-state index in [1.54, 1.807) is 6.92 Å². The van der Waals surface area contributed by atoms with Gasteiger partial charge in [0.15, 0.2) is 0 Å². The fourth-order valence-electron chi connectivity index (χ4n) is 1.64. The molecule has 0 fully saturated rings. The molecule has 0 bridgehead atoms. The molecular formula is C11H7F2NO. The first kappa shape index (κ1) is 9.66. The molecule has 0 aliphatic rings. The Hall–Kier alpha value is -1.89. The maximum absolute atomic E-state index is 13.4. The molecule has 0 spiro atoms. The second-order valence-corrected chi connectivity index (χ2v) is 3.14. The van der Waals surface area contributed by atoms with E-state index in [-0.39, 0.29) is 16.7 Å². The van der Waals surface area contributed by atoms with Gasteiger partial charge in [-0.1, -0.05) is 6.92 Å². The molecule has 2 nitrogen and oxygen atoms in total. The minimum Gasteiger partial charge on any atom is -0.445 e. The van der Waals surface area contributed by atoms with Crippen molar-refractivity contribution in [3.05, 3.63) is 35.1 Å². The van der Waals surface area contributed by atoms with Crippen molar-refractivity contribution in [3.63, 3.8) is 0 Å². The largest absolute Gasteiger partial charge is 0.445 e. The van der Waals surface area contributed by atoms with Crippen LogP contribution in [0.5, 0.6) is 0 Å². The average Bonchev–Trinajstić information content (AvgIpc) is 2.55. The fourth-order valence-corrected chi connectivity index (χ4v) is 1.64. The van der Waals surface area contributed by atoms with Gasteiger partial charge in [0, 0.05) is 17.7 Å². The lowest BCUT2D eigenvalue weighted by Crippen LogP contribution is -1.85. The zero-order valence-corrected chi connectivity index (χ0v) is 7.97. The van der Waals surface area contributed by atoms with Crippen LogP contribution in [0.4, 0.5) is 8.78 Å². The lowest BCUT2D eigenvalue weighted by atomic mass is 10.1. The topological polar surface area (TPSA) is 36.9 Å². The van der Waals surface area contributed by atoms with Crippen molar-refractivity contribution < 1.29 is 13.2 Å². The van der Waals surface area contributed by atoms with E-state index in [0.29, 0.717) is 12.0 Å². The summed E-state index contributed by atoms with van der Waals surface area (Å²) in [6.45, 7) is 1.79. The van der Waals surface area contributed by atoms with E-state index in [1.165, 1.54) is 0 Å². The van der Waals surface area contributed by atoms with Crippen LogP contribution >= 0.6 is 0 Å². The molecule has 0 saturated heterocycles. The number of benzene rings is 1. The lowest BCUT2D eigenvalue weighted by Gasteiger charge is -1.94. The molecule has 4 heteroatoms. The second-order valence-electron chi connectivity index (χ2n) is 3.14. The minimum atomic E-state index is -0.708. The standard InChI is InChI=1S/C11H7F2NO/c1-2-7-10(5-14)15-9-4-6(12)3-8(13)11(7)9/h3-4H,2H2,1H3. The third-order valence-electron chi connectivity index (χ3n) is 2.26. The molecule has 76 valence electrons. The number of halogens is 2. The molecule has 1 heterocycles. The zero-order valence-electron chi connectivity index (χ0n) is 7.97. The van der Waals surface area contributed by atoms with Crippen LogP contribution in [0.15, 0.2) is 16.5 Å². The number of nitriles is 1. The third kappa shape index (κ3) is 1.37. The van der Waals surface area contributed by atoms with Crippen molar-refractivity contribution in [2.75, 3.05) is 0 Å². The molecular weight excluding hydrogens is 200 g/mol. The van der Waals surface area contributed by atoms with Crippen molar-refractivity contribution in [2.45, 2.75) is 13.3 Å². The van der Waals surface area contributed by atoms with Crippen molar-refractivity contribution >= 4 is 11.0 Å². The Morgan fingerprint density at radius 2 is 2.13 bits per heavy atom. The van der Waals surface area contributed by atoms with Gasteiger partial charge in [-0.25, -0.2) is 8.78 Å². The highest BCUT2D eigenvalue weighted by molar-refractivity contribution is 5.84. The summed E-state index contributed by atoms with van der Waals surface area (Å²) in [5.74, 6) is -1.34. The molecule has 0 saturated carbocycles. The molecule has 0 N–H and O–H groups in total. The van der Waals surface area contributed by atoms with Crippen molar-refractivity contribution in [1.82, 2.24) is 0 Å². The summed E-state index contributed by atoms with van der Waals surface area (Å²) in [7, 11) is 0. The summed E-state index contributed by atoms with van der Waals surface area (Å²) >= 11 is 0. The van der Waals surface area contributed by atoms with Crippen LogP contribution in [-0.2, 0) is 6.42 Å². The van der Waals surface area contributed by atoms with Gasteiger partial charge >= 0.3 is 0 Å². The number of aryl methyl sites for hydroxylation is 1. The summed E-state index contributed by atoms with van der Waals surface area (Å²) in [6.07, 6.45) is 0.471. The van der Waals surface area contributed by atoms with Gasteiger partial charge in [-0.15, -0.1) is 0 Å². The van der Waals surface area contributed by atoms with Crippen LogP contribution in [0.2, 0.25) is 0 Å². The van der Waals surface area contributed by atoms with Gasteiger partial charge in [0.05, 0.1) is 5.39 Å². The van der Waals surface area contributed by atoms with Gasteiger partial charge in [0.1, 0.15) is 23.3 Å². The first-order chi connectivity index (χ1) is 7.17. The first-order valence-corrected chi connectivity index (χ1v) is 4.48.